The Balaban J connectivity index is 2.09. The molecule has 0 fully saturated rings. The quantitative estimate of drug-likeness (QED) is 0.512. The van der Waals surface area contributed by atoms with Crippen molar-refractivity contribution in [3.8, 4) is 17.2 Å². The molecule has 1 aromatic heterocycles. The van der Waals surface area contributed by atoms with E-state index in [1.54, 1.807) is 41.0 Å². The highest BCUT2D eigenvalue weighted by Crippen LogP contribution is 2.30. The van der Waals surface area contributed by atoms with Gasteiger partial charge in [0.15, 0.2) is 11.5 Å². The number of ether oxygens (including phenoxy) is 2. The van der Waals surface area contributed by atoms with Crippen LogP contribution in [0.2, 0.25) is 0 Å². The second-order valence-electron chi connectivity index (χ2n) is 7.06. The average molecular weight is 402 g/mol. The van der Waals surface area contributed by atoms with Gasteiger partial charge in [-0.3, -0.25) is 9.36 Å². The number of fused-ring (bicyclic) bond motifs is 1. The third-order valence-corrected chi connectivity index (χ3v) is 5.09. The van der Waals surface area contributed by atoms with Crippen LogP contribution in [0.25, 0.3) is 16.6 Å². The zero-order valence-corrected chi connectivity index (χ0v) is 17.1. The van der Waals surface area contributed by atoms with Gasteiger partial charge in [0.05, 0.1) is 37.4 Å². The molecule has 0 bridgehead atoms. The van der Waals surface area contributed by atoms with Gasteiger partial charge in [0.2, 0.25) is 0 Å². The fourth-order valence-electron chi connectivity index (χ4n) is 3.64. The molecular formula is C24H22N2O4. The maximum atomic E-state index is 13.5. The molecular weight excluding hydrogens is 380 g/mol. The molecule has 0 radical (unpaired) electrons. The smallest absolute Gasteiger partial charge is 0.336 e. The van der Waals surface area contributed by atoms with E-state index in [0.29, 0.717) is 34.6 Å². The van der Waals surface area contributed by atoms with Crippen molar-refractivity contribution in [1.29, 1.82) is 0 Å². The molecule has 6 heteroatoms. The molecule has 30 heavy (non-hydrogen) atoms. The molecule has 3 aromatic carbocycles. The van der Waals surface area contributed by atoms with E-state index in [-0.39, 0.29) is 0 Å². The predicted molar refractivity (Wildman–Crippen MR) is 117 cm³/mol. The number of rotatable bonds is 5. The van der Waals surface area contributed by atoms with Crippen molar-refractivity contribution >= 4 is 10.9 Å². The molecule has 0 amide bonds. The minimum Gasteiger partial charge on any atom is -0.493 e. The number of methoxy groups -OCH3 is 2. The van der Waals surface area contributed by atoms with Crippen LogP contribution < -0.4 is 20.7 Å². The van der Waals surface area contributed by atoms with Gasteiger partial charge in [-0.2, -0.15) is 0 Å². The lowest BCUT2D eigenvalue weighted by Gasteiger charge is -2.16. The molecule has 0 aliphatic heterocycles. The maximum Gasteiger partial charge on any atom is 0.336 e. The summed E-state index contributed by atoms with van der Waals surface area (Å²) in [7, 11) is 3.04. The molecule has 6 nitrogen and oxygen atoms in total. The number of hydrogen-bond donors (Lipinski definition) is 0. The Bertz CT molecular complexity index is 1340. The largest absolute Gasteiger partial charge is 0.493 e. The zero-order chi connectivity index (χ0) is 21.3. The summed E-state index contributed by atoms with van der Waals surface area (Å²) in [4.78, 5) is 26.8. The highest BCUT2D eigenvalue weighted by molar-refractivity contribution is 5.82. The summed E-state index contributed by atoms with van der Waals surface area (Å²) in [6, 6.07) is 20.2. The van der Waals surface area contributed by atoms with Crippen molar-refractivity contribution in [2.45, 2.75) is 13.5 Å². The fraction of sp³-hybridized carbons (Fsp3) is 0.167. The molecule has 0 N–H and O–H groups in total. The summed E-state index contributed by atoms with van der Waals surface area (Å²) in [5.41, 5.74) is 2.26. The molecule has 0 saturated carbocycles. The van der Waals surface area contributed by atoms with Gasteiger partial charge in [-0.05, 0) is 30.7 Å². The van der Waals surface area contributed by atoms with E-state index >= 15 is 0 Å². The first-order valence-electron chi connectivity index (χ1n) is 9.56. The van der Waals surface area contributed by atoms with Crippen LogP contribution in [0.1, 0.15) is 11.1 Å². The number of hydrogen-bond acceptors (Lipinski definition) is 4. The lowest BCUT2D eigenvalue weighted by Crippen LogP contribution is -2.39. The highest BCUT2D eigenvalue weighted by atomic mass is 16.5. The van der Waals surface area contributed by atoms with Gasteiger partial charge >= 0.3 is 5.69 Å². The third-order valence-electron chi connectivity index (χ3n) is 5.09. The first-order chi connectivity index (χ1) is 14.5. The Morgan fingerprint density at radius 3 is 2.20 bits per heavy atom. The van der Waals surface area contributed by atoms with Gasteiger partial charge < -0.3 is 9.47 Å². The first-order valence-corrected chi connectivity index (χ1v) is 9.56. The van der Waals surface area contributed by atoms with E-state index in [1.165, 1.54) is 18.8 Å². The standard InChI is InChI=1S/C24H22N2O4/c1-16-8-7-9-17(12-16)15-25-20-14-22(30-3)21(29-2)13-19(20)23(27)26(24(25)28)18-10-5-4-6-11-18/h4-14H,15H2,1-3H3. The van der Waals surface area contributed by atoms with Gasteiger partial charge in [0.1, 0.15) is 0 Å². The Labute approximate surface area is 173 Å². The lowest BCUT2D eigenvalue weighted by molar-refractivity contribution is 0.355. The van der Waals surface area contributed by atoms with Crippen LogP contribution >= 0.6 is 0 Å². The van der Waals surface area contributed by atoms with Crippen LogP contribution in [-0.2, 0) is 6.54 Å². The second kappa shape index (κ2) is 7.91. The average Bonchev–Trinajstić information content (AvgIpc) is 2.76. The fourth-order valence-corrected chi connectivity index (χ4v) is 3.64. The molecule has 0 aliphatic carbocycles. The van der Waals surface area contributed by atoms with Crippen LogP contribution in [0, 0.1) is 6.92 Å². The molecule has 0 atom stereocenters. The van der Waals surface area contributed by atoms with E-state index in [1.807, 2.05) is 37.3 Å². The summed E-state index contributed by atoms with van der Waals surface area (Å²) in [5.74, 6) is 0.890. The highest BCUT2D eigenvalue weighted by Gasteiger charge is 2.18. The first kappa shape index (κ1) is 19.5. The van der Waals surface area contributed by atoms with Crippen LogP contribution in [-0.4, -0.2) is 23.4 Å². The van der Waals surface area contributed by atoms with Gasteiger partial charge in [0, 0.05) is 6.07 Å². The summed E-state index contributed by atoms with van der Waals surface area (Å²) in [6.45, 7) is 2.32. The predicted octanol–water partition coefficient (Wildman–Crippen LogP) is 3.53. The van der Waals surface area contributed by atoms with Crippen molar-refractivity contribution in [2.75, 3.05) is 14.2 Å². The van der Waals surface area contributed by atoms with E-state index in [4.69, 9.17) is 9.47 Å². The van der Waals surface area contributed by atoms with Crippen molar-refractivity contribution in [2.24, 2.45) is 0 Å². The Morgan fingerprint density at radius 2 is 1.53 bits per heavy atom. The normalized spacial score (nSPS) is 10.9. The molecule has 1 heterocycles. The molecule has 4 aromatic rings. The summed E-state index contributed by atoms with van der Waals surface area (Å²) >= 11 is 0. The van der Waals surface area contributed by atoms with E-state index < -0.39 is 11.2 Å². The molecule has 0 aliphatic rings. The number of aryl methyl sites for hydroxylation is 1. The molecule has 4 rings (SSSR count). The number of aromatic nitrogens is 2. The number of para-hydroxylation sites is 1. The van der Waals surface area contributed by atoms with Crippen LogP contribution in [0.3, 0.4) is 0 Å². The van der Waals surface area contributed by atoms with Gasteiger partial charge in [-0.25, -0.2) is 9.36 Å². The van der Waals surface area contributed by atoms with Crippen molar-refractivity contribution in [1.82, 2.24) is 9.13 Å². The van der Waals surface area contributed by atoms with Crippen molar-refractivity contribution in [3.05, 3.63) is 98.7 Å². The Kier molecular flexibility index (Phi) is 5.14. The monoisotopic (exact) mass is 402 g/mol. The van der Waals surface area contributed by atoms with E-state index in [2.05, 4.69) is 0 Å². The summed E-state index contributed by atoms with van der Waals surface area (Å²) < 4.78 is 13.6. The van der Waals surface area contributed by atoms with E-state index in [0.717, 1.165) is 11.1 Å². The molecule has 0 spiro atoms. The number of benzene rings is 3. The second-order valence-corrected chi connectivity index (χ2v) is 7.06. The molecule has 0 unspecified atom stereocenters. The van der Waals surface area contributed by atoms with Crippen LogP contribution in [0.4, 0.5) is 0 Å². The van der Waals surface area contributed by atoms with Crippen molar-refractivity contribution in [3.63, 3.8) is 0 Å². The minimum absolute atomic E-state index is 0.319. The van der Waals surface area contributed by atoms with Gasteiger partial charge in [-0.1, -0.05) is 48.0 Å². The van der Waals surface area contributed by atoms with Crippen LogP contribution in [0.5, 0.6) is 11.5 Å². The minimum atomic E-state index is -0.410. The van der Waals surface area contributed by atoms with Crippen molar-refractivity contribution < 1.29 is 9.47 Å². The SMILES string of the molecule is COc1cc2c(=O)n(-c3ccccc3)c(=O)n(Cc3cccc(C)c3)c2cc1OC. The lowest BCUT2D eigenvalue weighted by atomic mass is 10.1. The van der Waals surface area contributed by atoms with Crippen LogP contribution in [0.15, 0.2) is 76.3 Å². The Hall–Kier alpha value is -3.80. The van der Waals surface area contributed by atoms with Gasteiger partial charge in [-0.15, -0.1) is 0 Å². The van der Waals surface area contributed by atoms with E-state index in [9.17, 15) is 9.59 Å². The topological polar surface area (TPSA) is 62.5 Å². The molecule has 152 valence electrons. The maximum absolute atomic E-state index is 13.5. The zero-order valence-electron chi connectivity index (χ0n) is 17.1. The Morgan fingerprint density at radius 1 is 0.833 bits per heavy atom. The third kappa shape index (κ3) is 3.37. The van der Waals surface area contributed by atoms with Gasteiger partial charge in [0.25, 0.3) is 5.56 Å². The number of nitrogens with zero attached hydrogens (tertiary/aromatic N) is 2. The summed E-state index contributed by atoms with van der Waals surface area (Å²) in [5, 5.41) is 0.378. The summed E-state index contributed by atoms with van der Waals surface area (Å²) in [6.07, 6.45) is 0. The molecule has 0 saturated heterocycles.